The number of ether oxygens (including phenoxy) is 1. The van der Waals surface area contributed by atoms with Crippen molar-refractivity contribution >= 4 is 16.9 Å². The maximum atomic E-state index is 13.3. The lowest BCUT2D eigenvalue weighted by atomic mass is 10.1. The second-order valence-electron chi connectivity index (χ2n) is 8.10. The molecule has 164 valence electrons. The van der Waals surface area contributed by atoms with E-state index in [1.54, 1.807) is 6.07 Å². The molecule has 2 aromatic carbocycles. The first-order chi connectivity index (χ1) is 15.1. The number of benzene rings is 2. The van der Waals surface area contributed by atoms with E-state index in [0.717, 1.165) is 43.7 Å². The van der Waals surface area contributed by atoms with Gasteiger partial charge in [-0.2, -0.15) is 0 Å². The van der Waals surface area contributed by atoms with Crippen molar-refractivity contribution in [1.29, 1.82) is 0 Å². The molecule has 0 bridgehead atoms. The largest absolute Gasteiger partial charge is 0.489 e. The number of carbonyl (C=O) groups excluding carboxylic acids is 1. The molecule has 1 aromatic heterocycles. The monoisotopic (exact) mass is 424 g/mol. The Labute approximate surface area is 181 Å². The van der Waals surface area contributed by atoms with Gasteiger partial charge in [-0.3, -0.25) is 9.69 Å². The summed E-state index contributed by atoms with van der Waals surface area (Å²) in [6.07, 6.45) is 3.82. The highest BCUT2D eigenvalue weighted by Crippen LogP contribution is 2.26. The molecule has 1 amide bonds. The van der Waals surface area contributed by atoms with Crippen molar-refractivity contribution < 1.29 is 13.9 Å². The minimum absolute atomic E-state index is 0.0322. The van der Waals surface area contributed by atoms with Crippen LogP contribution in [-0.4, -0.2) is 40.0 Å². The Morgan fingerprint density at radius 1 is 1.32 bits per heavy atom. The van der Waals surface area contributed by atoms with Crippen molar-refractivity contribution in [2.75, 3.05) is 13.1 Å². The topological polar surface area (TPSA) is 70.2 Å². The molecule has 0 unspecified atom stereocenters. The fourth-order valence-electron chi connectivity index (χ4n) is 3.96. The van der Waals surface area contributed by atoms with Gasteiger partial charge in [-0.25, -0.2) is 9.37 Å². The molecule has 0 radical (unpaired) electrons. The first kappa shape index (κ1) is 21.3. The van der Waals surface area contributed by atoms with Gasteiger partial charge in [0.2, 0.25) is 5.91 Å². The Kier molecular flexibility index (Phi) is 6.82. The van der Waals surface area contributed by atoms with Gasteiger partial charge < -0.3 is 15.0 Å². The van der Waals surface area contributed by atoms with Crippen LogP contribution in [0, 0.1) is 5.82 Å². The van der Waals surface area contributed by atoms with Crippen LogP contribution >= 0.6 is 0 Å². The first-order valence-electron chi connectivity index (χ1n) is 11.0. The SMILES string of the molecule is CCCC[C@H]1CN(CCC(=O)NCc2nc3ccc(F)cc3[nH]2)Cc2ccccc2O1. The van der Waals surface area contributed by atoms with Gasteiger partial charge in [0.15, 0.2) is 0 Å². The number of imidazole rings is 1. The van der Waals surface area contributed by atoms with Crippen LogP contribution in [0.5, 0.6) is 5.75 Å². The Hall–Kier alpha value is -2.93. The van der Waals surface area contributed by atoms with E-state index in [0.29, 0.717) is 36.4 Å². The maximum absolute atomic E-state index is 13.3. The van der Waals surface area contributed by atoms with Crippen molar-refractivity contribution in [3.05, 3.63) is 59.7 Å². The third-order valence-corrected chi connectivity index (χ3v) is 5.60. The van der Waals surface area contributed by atoms with Gasteiger partial charge in [0, 0.05) is 31.6 Å². The first-order valence-corrected chi connectivity index (χ1v) is 11.0. The summed E-state index contributed by atoms with van der Waals surface area (Å²) in [6, 6.07) is 12.6. The zero-order chi connectivity index (χ0) is 21.6. The number of halogens is 1. The van der Waals surface area contributed by atoms with Crippen molar-refractivity contribution in [3.63, 3.8) is 0 Å². The number of H-pyrrole nitrogens is 1. The second kappa shape index (κ2) is 9.92. The van der Waals surface area contributed by atoms with Gasteiger partial charge in [-0.15, -0.1) is 0 Å². The van der Waals surface area contributed by atoms with E-state index in [1.165, 1.54) is 12.1 Å². The zero-order valence-electron chi connectivity index (χ0n) is 17.9. The highest BCUT2D eigenvalue weighted by Gasteiger charge is 2.22. The third kappa shape index (κ3) is 5.61. The number of unbranched alkanes of at least 4 members (excludes halogenated alkanes) is 1. The number of aromatic nitrogens is 2. The average Bonchev–Trinajstić information content (AvgIpc) is 3.07. The molecule has 1 aliphatic heterocycles. The van der Waals surface area contributed by atoms with Crippen molar-refractivity contribution in [2.24, 2.45) is 0 Å². The van der Waals surface area contributed by atoms with Crippen molar-refractivity contribution in [3.8, 4) is 5.75 Å². The molecule has 0 fully saturated rings. The van der Waals surface area contributed by atoms with Crippen molar-refractivity contribution in [2.45, 2.75) is 51.8 Å². The molecule has 2 N–H and O–H groups in total. The van der Waals surface area contributed by atoms with Crippen LogP contribution in [0.2, 0.25) is 0 Å². The summed E-state index contributed by atoms with van der Waals surface area (Å²) in [5.41, 5.74) is 2.48. The summed E-state index contributed by atoms with van der Waals surface area (Å²) in [4.78, 5) is 22.2. The zero-order valence-corrected chi connectivity index (χ0v) is 17.9. The van der Waals surface area contributed by atoms with Gasteiger partial charge in [-0.1, -0.05) is 31.5 Å². The standard InChI is InChI=1S/C24H29FN4O2/c1-2-3-7-19-16-29(15-17-6-4-5-8-22(17)31-19)12-11-24(30)26-14-23-27-20-10-9-18(25)13-21(20)28-23/h4-6,8-10,13,19H,2-3,7,11-12,14-16H2,1H3,(H,26,30)(H,27,28)/t19-/m0/s1. The van der Waals surface area contributed by atoms with Gasteiger partial charge in [0.25, 0.3) is 0 Å². The van der Waals surface area contributed by atoms with Crippen LogP contribution in [0.3, 0.4) is 0 Å². The lowest BCUT2D eigenvalue weighted by molar-refractivity contribution is -0.121. The van der Waals surface area contributed by atoms with Crippen molar-refractivity contribution in [1.82, 2.24) is 20.2 Å². The Bertz CT molecular complexity index is 1040. The number of amides is 1. The second-order valence-corrected chi connectivity index (χ2v) is 8.10. The molecular weight excluding hydrogens is 395 g/mol. The number of hydrogen-bond acceptors (Lipinski definition) is 4. The van der Waals surface area contributed by atoms with Crippen LogP contribution in [0.25, 0.3) is 11.0 Å². The molecule has 0 saturated carbocycles. The summed E-state index contributed by atoms with van der Waals surface area (Å²) in [5.74, 6) is 1.23. The van der Waals surface area contributed by atoms with Gasteiger partial charge in [0.1, 0.15) is 23.5 Å². The summed E-state index contributed by atoms with van der Waals surface area (Å²) in [7, 11) is 0. The van der Waals surface area contributed by atoms with Gasteiger partial charge in [0.05, 0.1) is 17.6 Å². The van der Waals surface area contributed by atoms with E-state index < -0.39 is 0 Å². The molecule has 7 heteroatoms. The number of fused-ring (bicyclic) bond motifs is 2. The molecule has 1 atom stereocenters. The quantitative estimate of drug-likeness (QED) is 0.570. The maximum Gasteiger partial charge on any atom is 0.221 e. The van der Waals surface area contributed by atoms with E-state index in [1.807, 2.05) is 18.2 Å². The van der Waals surface area contributed by atoms with E-state index in [2.05, 4.69) is 33.2 Å². The number of para-hydroxylation sites is 1. The molecule has 0 saturated heterocycles. The molecule has 2 heterocycles. The predicted octanol–water partition coefficient (Wildman–Crippen LogP) is 4.16. The number of nitrogens with zero attached hydrogens (tertiary/aromatic N) is 2. The minimum Gasteiger partial charge on any atom is -0.489 e. The summed E-state index contributed by atoms with van der Waals surface area (Å²) in [5, 5.41) is 2.91. The lowest BCUT2D eigenvalue weighted by Gasteiger charge is -2.23. The molecule has 1 aliphatic rings. The van der Waals surface area contributed by atoms with E-state index >= 15 is 0 Å². The van der Waals surface area contributed by atoms with E-state index in [4.69, 9.17) is 4.74 Å². The Balaban J connectivity index is 1.31. The summed E-state index contributed by atoms with van der Waals surface area (Å²) >= 11 is 0. The van der Waals surface area contributed by atoms with E-state index in [9.17, 15) is 9.18 Å². The highest BCUT2D eigenvalue weighted by molar-refractivity contribution is 5.77. The summed E-state index contributed by atoms with van der Waals surface area (Å²) in [6.45, 7) is 4.74. The Morgan fingerprint density at radius 3 is 3.06 bits per heavy atom. The molecule has 0 spiro atoms. The molecular formula is C24H29FN4O2. The highest BCUT2D eigenvalue weighted by atomic mass is 19.1. The number of aromatic amines is 1. The molecule has 0 aliphatic carbocycles. The number of rotatable bonds is 8. The van der Waals surface area contributed by atoms with E-state index in [-0.39, 0.29) is 17.8 Å². The molecule has 6 nitrogen and oxygen atoms in total. The smallest absolute Gasteiger partial charge is 0.221 e. The van der Waals surface area contributed by atoms with Gasteiger partial charge >= 0.3 is 0 Å². The van der Waals surface area contributed by atoms with Crippen LogP contribution in [0.1, 0.15) is 44.0 Å². The number of hydrogen-bond donors (Lipinski definition) is 2. The Morgan fingerprint density at radius 2 is 2.19 bits per heavy atom. The molecule has 31 heavy (non-hydrogen) atoms. The average molecular weight is 425 g/mol. The molecule has 4 rings (SSSR count). The number of carbonyl (C=O) groups is 1. The fraction of sp³-hybridized carbons (Fsp3) is 0.417. The number of nitrogens with one attached hydrogen (secondary N) is 2. The van der Waals surface area contributed by atoms with Gasteiger partial charge in [-0.05, 0) is 37.1 Å². The summed E-state index contributed by atoms with van der Waals surface area (Å²) < 4.78 is 19.6. The third-order valence-electron chi connectivity index (χ3n) is 5.60. The predicted molar refractivity (Wildman–Crippen MR) is 118 cm³/mol. The van der Waals surface area contributed by atoms with Crippen LogP contribution in [0.15, 0.2) is 42.5 Å². The van der Waals surface area contributed by atoms with Crippen LogP contribution in [0.4, 0.5) is 4.39 Å². The van der Waals surface area contributed by atoms with Crippen LogP contribution in [-0.2, 0) is 17.9 Å². The fourth-order valence-corrected chi connectivity index (χ4v) is 3.96. The minimum atomic E-state index is -0.313. The lowest BCUT2D eigenvalue weighted by Crippen LogP contribution is -2.36. The normalized spacial score (nSPS) is 16.5. The molecule has 3 aromatic rings. The van der Waals surface area contributed by atoms with Crippen LogP contribution < -0.4 is 10.1 Å².